The fraction of sp³-hybridized carbons (Fsp3) is 0.467. The average Bonchev–Trinajstić information content (AvgIpc) is 2.45. The van der Waals surface area contributed by atoms with Gasteiger partial charge in [-0.1, -0.05) is 19.4 Å². The summed E-state index contributed by atoms with van der Waals surface area (Å²) in [5.74, 6) is -0.605. The third-order valence-corrected chi connectivity index (χ3v) is 2.88. The zero-order valence-corrected chi connectivity index (χ0v) is 11.8. The summed E-state index contributed by atoms with van der Waals surface area (Å²) in [5, 5.41) is 17.9. The third-order valence-electron chi connectivity index (χ3n) is 2.88. The Balaban J connectivity index is 2.92. The summed E-state index contributed by atoms with van der Waals surface area (Å²) >= 11 is 0. The molecule has 0 saturated heterocycles. The number of carboxylic acids is 1. The van der Waals surface area contributed by atoms with Gasteiger partial charge < -0.3 is 14.6 Å². The van der Waals surface area contributed by atoms with E-state index in [0.29, 0.717) is 23.7 Å². The number of hydrogen-bond donors (Lipinski definition) is 1. The van der Waals surface area contributed by atoms with Crippen molar-refractivity contribution in [3.63, 3.8) is 0 Å². The number of carboxylic acid groups (broad SMARTS) is 1. The number of nitriles is 1. The van der Waals surface area contributed by atoms with Crippen molar-refractivity contribution in [2.75, 3.05) is 13.7 Å². The van der Waals surface area contributed by atoms with Gasteiger partial charge in [-0.15, -0.1) is 0 Å². The molecule has 1 aromatic rings. The van der Waals surface area contributed by atoms with Crippen LogP contribution in [0.15, 0.2) is 18.2 Å². The highest BCUT2D eigenvalue weighted by Gasteiger charge is 2.19. The molecule has 1 unspecified atom stereocenters. The molecule has 0 heterocycles. The highest BCUT2D eigenvalue weighted by atomic mass is 16.5. The Morgan fingerprint density at radius 3 is 2.80 bits per heavy atom. The van der Waals surface area contributed by atoms with Gasteiger partial charge in [0.2, 0.25) is 0 Å². The monoisotopic (exact) mass is 277 g/mol. The van der Waals surface area contributed by atoms with E-state index in [2.05, 4.69) is 6.92 Å². The number of carbonyl (C=O) groups is 1. The zero-order valence-electron chi connectivity index (χ0n) is 11.8. The maximum atomic E-state index is 10.8. The number of benzene rings is 1. The molecule has 0 aromatic heterocycles. The Hall–Kier alpha value is -2.22. The number of aliphatic carboxylic acids is 1. The summed E-state index contributed by atoms with van der Waals surface area (Å²) in [7, 11) is 1.49. The van der Waals surface area contributed by atoms with Crippen molar-refractivity contribution < 1.29 is 19.4 Å². The van der Waals surface area contributed by atoms with Crippen molar-refractivity contribution in [3.05, 3.63) is 23.8 Å². The summed E-state index contributed by atoms with van der Waals surface area (Å²) in [5.41, 5.74) is 0.570. The van der Waals surface area contributed by atoms with Crippen LogP contribution in [-0.2, 0) is 4.79 Å². The molecule has 108 valence electrons. The predicted molar refractivity (Wildman–Crippen MR) is 74.0 cm³/mol. The molecule has 0 aliphatic rings. The van der Waals surface area contributed by atoms with Crippen molar-refractivity contribution in [2.24, 2.45) is 0 Å². The smallest absolute Gasteiger partial charge is 0.305 e. The molecule has 0 spiro atoms. The zero-order chi connectivity index (χ0) is 15.0. The molecule has 0 aliphatic heterocycles. The molecule has 0 saturated carbocycles. The van der Waals surface area contributed by atoms with Crippen molar-refractivity contribution in [1.82, 2.24) is 0 Å². The molecule has 0 aliphatic carbocycles. The molecule has 0 fully saturated rings. The number of nitrogens with zero attached hydrogens (tertiary/aromatic N) is 1. The van der Waals surface area contributed by atoms with E-state index >= 15 is 0 Å². The topological polar surface area (TPSA) is 79.5 Å². The second kappa shape index (κ2) is 8.05. The average molecular weight is 277 g/mol. The maximum Gasteiger partial charge on any atom is 0.305 e. The first-order valence-electron chi connectivity index (χ1n) is 6.54. The van der Waals surface area contributed by atoms with Crippen LogP contribution in [0.1, 0.15) is 37.7 Å². The van der Waals surface area contributed by atoms with E-state index in [1.54, 1.807) is 18.2 Å². The minimum Gasteiger partial charge on any atom is -0.496 e. The number of rotatable bonds is 8. The normalized spacial score (nSPS) is 11.4. The lowest BCUT2D eigenvalue weighted by atomic mass is 9.96. The quantitative estimate of drug-likeness (QED) is 0.739. The molecule has 0 radical (unpaired) electrons. The van der Waals surface area contributed by atoms with Crippen molar-refractivity contribution >= 4 is 5.97 Å². The second-order valence-electron chi connectivity index (χ2n) is 4.39. The maximum absolute atomic E-state index is 10.8. The van der Waals surface area contributed by atoms with E-state index in [-0.39, 0.29) is 6.42 Å². The van der Waals surface area contributed by atoms with Crippen LogP contribution >= 0.6 is 0 Å². The van der Waals surface area contributed by atoms with Crippen molar-refractivity contribution in [3.8, 4) is 17.6 Å². The fourth-order valence-electron chi connectivity index (χ4n) is 1.80. The Morgan fingerprint density at radius 1 is 1.50 bits per heavy atom. The lowest BCUT2D eigenvalue weighted by molar-refractivity contribution is -0.137. The molecule has 1 N–H and O–H groups in total. The molecule has 5 nitrogen and oxygen atoms in total. The van der Waals surface area contributed by atoms with Crippen LogP contribution < -0.4 is 9.47 Å². The van der Waals surface area contributed by atoms with Crippen LogP contribution in [0.5, 0.6) is 11.5 Å². The summed E-state index contributed by atoms with van der Waals surface area (Å²) in [6, 6.07) is 7.11. The molecule has 0 bridgehead atoms. The van der Waals surface area contributed by atoms with Gasteiger partial charge in [-0.25, -0.2) is 0 Å². The Labute approximate surface area is 118 Å². The van der Waals surface area contributed by atoms with Crippen LogP contribution in [-0.4, -0.2) is 24.8 Å². The summed E-state index contributed by atoms with van der Waals surface area (Å²) in [6.07, 6.45) is 1.76. The van der Waals surface area contributed by atoms with Gasteiger partial charge in [-0.2, -0.15) is 5.26 Å². The van der Waals surface area contributed by atoms with E-state index in [1.807, 2.05) is 6.07 Å². The number of methoxy groups -OCH3 is 1. The molecule has 5 heteroatoms. The molecular weight excluding hydrogens is 258 g/mol. The van der Waals surface area contributed by atoms with Crippen molar-refractivity contribution in [2.45, 2.75) is 32.1 Å². The van der Waals surface area contributed by atoms with Gasteiger partial charge in [-0.3, -0.25) is 4.79 Å². The van der Waals surface area contributed by atoms with E-state index in [1.165, 1.54) is 7.11 Å². The lowest BCUT2D eigenvalue weighted by Crippen LogP contribution is -2.06. The predicted octanol–water partition coefficient (Wildman–Crippen LogP) is 2.96. The molecule has 0 amide bonds. The summed E-state index contributed by atoms with van der Waals surface area (Å²) in [6.45, 7) is 2.70. The van der Waals surface area contributed by atoms with Gasteiger partial charge in [0, 0.05) is 11.6 Å². The van der Waals surface area contributed by atoms with Gasteiger partial charge in [0.05, 0.1) is 32.1 Å². The highest BCUT2D eigenvalue weighted by Crippen LogP contribution is 2.32. The standard InChI is InChI=1S/C15H19NO4/c1-3-4-7-20-12-5-6-13(14(9-12)19-2)11(10-16)8-15(17)18/h5-6,9,11H,3-4,7-8H2,1-2H3,(H,17,18). The molecule has 1 atom stereocenters. The van der Waals surface area contributed by atoms with Gasteiger partial charge in [0.25, 0.3) is 0 Å². The summed E-state index contributed by atoms with van der Waals surface area (Å²) < 4.78 is 10.8. The van der Waals surface area contributed by atoms with E-state index < -0.39 is 11.9 Å². The minimum absolute atomic E-state index is 0.247. The largest absolute Gasteiger partial charge is 0.496 e. The molecular formula is C15H19NO4. The molecule has 1 aromatic carbocycles. The van der Waals surface area contributed by atoms with Gasteiger partial charge in [-0.05, 0) is 12.5 Å². The first kappa shape index (κ1) is 15.8. The SMILES string of the molecule is CCCCOc1ccc(C(C#N)CC(=O)O)c(OC)c1. The van der Waals surface area contributed by atoms with Crippen LogP contribution in [0.4, 0.5) is 0 Å². The van der Waals surface area contributed by atoms with Gasteiger partial charge in [0.15, 0.2) is 0 Å². The van der Waals surface area contributed by atoms with Crippen LogP contribution in [0, 0.1) is 11.3 Å². The first-order valence-corrected chi connectivity index (χ1v) is 6.54. The number of unbranched alkanes of at least 4 members (excludes halogenated alkanes) is 1. The number of ether oxygens (including phenoxy) is 2. The van der Waals surface area contributed by atoms with Gasteiger partial charge >= 0.3 is 5.97 Å². The van der Waals surface area contributed by atoms with Crippen LogP contribution in [0.2, 0.25) is 0 Å². The second-order valence-corrected chi connectivity index (χ2v) is 4.39. The van der Waals surface area contributed by atoms with E-state index in [4.69, 9.17) is 19.8 Å². The minimum atomic E-state index is -1.01. The first-order chi connectivity index (χ1) is 9.62. The summed E-state index contributed by atoms with van der Waals surface area (Å²) in [4.78, 5) is 10.8. The molecule has 20 heavy (non-hydrogen) atoms. The fourth-order valence-corrected chi connectivity index (χ4v) is 1.80. The highest BCUT2D eigenvalue weighted by molar-refractivity contribution is 5.69. The third kappa shape index (κ3) is 4.47. The van der Waals surface area contributed by atoms with Crippen LogP contribution in [0.3, 0.4) is 0 Å². The van der Waals surface area contributed by atoms with E-state index in [9.17, 15) is 4.79 Å². The number of hydrogen-bond acceptors (Lipinski definition) is 4. The Kier molecular flexibility index (Phi) is 6.38. The molecule has 1 rings (SSSR count). The lowest BCUT2D eigenvalue weighted by Gasteiger charge is -2.14. The van der Waals surface area contributed by atoms with Crippen LogP contribution in [0.25, 0.3) is 0 Å². The Morgan fingerprint density at radius 2 is 2.25 bits per heavy atom. The van der Waals surface area contributed by atoms with Crippen molar-refractivity contribution in [1.29, 1.82) is 5.26 Å². The Bertz CT molecular complexity index is 493. The van der Waals surface area contributed by atoms with E-state index in [0.717, 1.165) is 12.8 Å². The van der Waals surface area contributed by atoms with Gasteiger partial charge in [0.1, 0.15) is 11.5 Å².